The lowest BCUT2D eigenvalue weighted by Gasteiger charge is -2.33. The number of halogens is 1. The van der Waals surface area contributed by atoms with Crippen LogP contribution in [0.2, 0.25) is 0 Å². The summed E-state index contributed by atoms with van der Waals surface area (Å²) in [5.41, 5.74) is 2.06. The molecule has 0 spiro atoms. The second-order valence-electron chi connectivity index (χ2n) is 8.64. The molecule has 1 atom stereocenters. The summed E-state index contributed by atoms with van der Waals surface area (Å²) in [6.45, 7) is 3.44. The van der Waals surface area contributed by atoms with Gasteiger partial charge in [-0.1, -0.05) is 36.4 Å². The highest BCUT2D eigenvalue weighted by Gasteiger charge is 2.38. The fourth-order valence-corrected chi connectivity index (χ4v) is 4.42. The highest BCUT2D eigenvalue weighted by atomic mass is 19.1. The van der Waals surface area contributed by atoms with Crippen molar-refractivity contribution in [3.05, 3.63) is 65.5 Å². The molecule has 2 aromatic rings. The number of hydrogen-bond donors (Lipinski definition) is 1. The van der Waals surface area contributed by atoms with Crippen LogP contribution in [-0.2, 0) is 20.9 Å². The van der Waals surface area contributed by atoms with Gasteiger partial charge in [0.15, 0.2) is 0 Å². The van der Waals surface area contributed by atoms with E-state index >= 15 is 0 Å². The van der Waals surface area contributed by atoms with Crippen LogP contribution in [0.4, 0.5) is 10.1 Å². The maximum atomic E-state index is 13.9. The molecule has 168 valence electrons. The number of likely N-dealkylation sites (tertiary alicyclic amines) is 1. The zero-order chi connectivity index (χ0) is 22.7. The molecule has 7 heteroatoms. The molecule has 0 saturated carbocycles. The quantitative estimate of drug-likeness (QED) is 0.782. The van der Waals surface area contributed by atoms with Crippen LogP contribution in [0.25, 0.3) is 0 Å². The molecular weight excluding hydrogens is 409 g/mol. The molecule has 0 aromatic heterocycles. The molecule has 32 heavy (non-hydrogen) atoms. The Labute approximate surface area is 187 Å². The molecule has 2 fully saturated rings. The third-order valence-corrected chi connectivity index (χ3v) is 6.43. The molecule has 1 N–H and O–H groups in total. The molecular formula is C25H28FN3O3. The summed E-state index contributed by atoms with van der Waals surface area (Å²) in [6, 6.07) is 14.5. The van der Waals surface area contributed by atoms with E-state index in [1.165, 1.54) is 11.0 Å². The number of anilines is 1. The van der Waals surface area contributed by atoms with E-state index in [9.17, 15) is 18.8 Å². The van der Waals surface area contributed by atoms with Gasteiger partial charge in [-0.2, -0.15) is 0 Å². The van der Waals surface area contributed by atoms with Crippen LogP contribution in [0.1, 0.15) is 30.4 Å². The molecule has 4 rings (SSSR count). The third kappa shape index (κ3) is 4.82. The summed E-state index contributed by atoms with van der Waals surface area (Å²) in [4.78, 5) is 41.2. The lowest BCUT2D eigenvalue weighted by atomic mass is 9.94. The number of amides is 3. The minimum Gasteiger partial charge on any atom is -0.352 e. The third-order valence-electron chi connectivity index (χ3n) is 6.43. The average Bonchev–Trinajstić information content (AvgIpc) is 3.21. The van der Waals surface area contributed by atoms with Gasteiger partial charge in [0.25, 0.3) is 0 Å². The van der Waals surface area contributed by atoms with E-state index in [-0.39, 0.29) is 42.4 Å². The van der Waals surface area contributed by atoms with Gasteiger partial charge < -0.3 is 15.1 Å². The fraction of sp³-hybridized carbons (Fsp3) is 0.400. The van der Waals surface area contributed by atoms with Crippen molar-refractivity contribution >= 4 is 23.4 Å². The first kappa shape index (κ1) is 22.0. The van der Waals surface area contributed by atoms with Crippen LogP contribution in [0.15, 0.2) is 48.5 Å². The maximum Gasteiger partial charge on any atom is 0.228 e. The summed E-state index contributed by atoms with van der Waals surface area (Å²) >= 11 is 0. The molecule has 2 aromatic carbocycles. The van der Waals surface area contributed by atoms with Crippen molar-refractivity contribution in [2.75, 3.05) is 24.5 Å². The minimum absolute atomic E-state index is 0.0181. The summed E-state index contributed by atoms with van der Waals surface area (Å²) in [6.07, 6.45) is 1.35. The zero-order valence-electron chi connectivity index (χ0n) is 18.2. The number of aryl methyl sites for hydroxylation is 1. The largest absolute Gasteiger partial charge is 0.352 e. The molecule has 2 aliphatic heterocycles. The first-order valence-corrected chi connectivity index (χ1v) is 11.1. The fourth-order valence-electron chi connectivity index (χ4n) is 4.42. The normalized spacial score (nSPS) is 19.3. The van der Waals surface area contributed by atoms with Crippen LogP contribution in [0, 0.1) is 24.6 Å². The number of carbonyl (C=O) groups is 3. The first-order valence-electron chi connectivity index (χ1n) is 11.1. The van der Waals surface area contributed by atoms with Crippen molar-refractivity contribution in [3.63, 3.8) is 0 Å². The first-order chi connectivity index (χ1) is 15.4. The monoisotopic (exact) mass is 437 g/mol. The minimum atomic E-state index is -0.435. The molecule has 6 nitrogen and oxygen atoms in total. The Bertz CT molecular complexity index is 1000. The highest BCUT2D eigenvalue weighted by molar-refractivity contribution is 6.00. The van der Waals surface area contributed by atoms with Crippen LogP contribution < -0.4 is 10.2 Å². The van der Waals surface area contributed by atoms with Gasteiger partial charge in [-0.25, -0.2) is 4.39 Å². The molecule has 0 bridgehead atoms. The smallest absolute Gasteiger partial charge is 0.228 e. The average molecular weight is 438 g/mol. The van der Waals surface area contributed by atoms with E-state index in [1.807, 2.05) is 30.3 Å². The van der Waals surface area contributed by atoms with Gasteiger partial charge >= 0.3 is 0 Å². The van der Waals surface area contributed by atoms with Gasteiger partial charge in [-0.3, -0.25) is 14.4 Å². The number of benzene rings is 2. The molecule has 2 aliphatic rings. The van der Waals surface area contributed by atoms with E-state index in [2.05, 4.69) is 5.32 Å². The zero-order valence-corrected chi connectivity index (χ0v) is 18.2. The SMILES string of the molecule is Cc1ccc(N2CC(C(=O)N3CCC(C(=O)NCc4ccccc4)CC3)CC2=O)cc1F. The van der Waals surface area contributed by atoms with Crippen LogP contribution in [-0.4, -0.2) is 42.3 Å². The van der Waals surface area contributed by atoms with Gasteiger partial charge in [0.1, 0.15) is 5.82 Å². The predicted octanol–water partition coefficient (Wildman–Crippen LogP) is 3.04. The van der Waals surface area contributed by atoms with Crippen molar-refractivity contribution < 1.29 is 18.8 Å². The van der Waals surface area contributed by atoms with E-state index in [0.29, 0.717) is 43.7 Å². The van der Waals surface area contributed by atoms with Crippen molar-refractivity contribution in [1.82, 2.24) is 10.2 Å². The van der Waals surface area contributed by atoms with Gasteiger partial charge in [0.2, 0.25) is 17.7 Å². The van der Waals surface area contributed by atoms with Crippen molar-refractivity contribution in [1.29, 1.82) is 0 Å². The number of carbonyl (C=O) groups excluding carboxylic acids is 3. The summed E-state index contributed by atoms with van der Waals surface area (Å²) in [5.74, 6) is -1.11. The van der Waals surface area contributed by atoms with Crippen molar-refractivity contribution in [3.8, 4) is 0 Å². The lowest BCUT2D eigenvalue weighted by molar-refractivity contribution is -0.139. The second-order valence-corrected chi connectivity index (χ2v) is 8.64. The molecule has 0 radical (unpaired) electrons. The number of nitrogens with zero attached hydrogens (tertiary/aromatic N) is 2. The van der Waals surface area contributed by atoms with Crippen LogP contribution in [0.5, 0.6) is 0 Å². The van der Waals surface area contributed by atoms with Crippen molar-refractivity contribution in [2.45, 2.75) is 32.7 Å². The molecule has 2 saturated heterocycles. The van der Waals surface area contributed by atoms with Gasteiger partial charge in [-0.05, 0) is 43.0 Å². The summed E-state index contributed by atoms with van der Waals surface area (Å²) in [7, 11) is 0. The number of piperidine rings is 1. The standard InChI is InChI=1S/C25H28FN3O3/c1-17-7-8-21(14-22(17)26)29-16-20(13-23(29)30)25(32)28-11-9-19(10-12-28)24(31)27-15-18-5-3-2-4-6-18/h2-8,14,19-20H,9-13,15-16H2,1H3,(H,27,31). The predicted molar refractivity (Wildman–Crippen MR) is 119 cm³/mol. The Balaban J connectivity index is 1.28. The van der Waals surface area contributed by atoms with Gasteiger partial charge in [0, 0.05) is 44.2 Å². The Kier molecular flexibility index (Phi) is 6.53. The Morgan fingerprint density at radius 2 is 1.78 bits per heavy atom. The van der Waals surface area contributed by atoms with E-state index in [0.717, 1.165) is 5.56 Å². The lowest BCUT2D eigenvalue weighted by Crippen LogP contribution is -2.45. The topological polar surface area (TPSA) is 69.7 Å². The maximum absolute atomic E-state index is 13.9. The summed E-state index contributed by atoms with van der Waals surface area (Å²) < 4.78 is 13.9. The molecule has 0 aliphatic carbocycles. The van der Waals surface area contributed by atoms with E-state index in [4.69, 9.17) is 0 Å². The van der Waals surface area contributed by atoms with Crippen LogP contribution in [0.3, 0.4) is 0 Å². The second kappa shape index (κ2) is 9.51. The number of nitrogens with one attached hydrogen (secondary N) is 1. The van der Waals surface area contributed by atoms with E-state index in [1.54, 1.807) is 24.0 Å². The number of rotatable bonds is 5. The Morgan fingerprint density at radius 3 is 2.47 bits per heavy atom. The molecule has 1 unspecified atom stereocenters. The summed E-state index contributed by atoms with van der Waals surface area (Å²) in [5, 5.41) is 2.98. The molecule has 3 amide bonds. The van der Waals surface area contributed by atoms with Gasteiger partial charge in [0.05, 0.1) is 5.92 Å². The Morgan fingerprint density at radius 1 is 1.06 bits per heavy atom. The molecule has 2 heterocycles. The highest BCUT2D eigenvalue weighted by Crippen LogP contribution is 2.29. The van der Waals surface area contributed by atoms with E-state index < -0.39 is 5.92 Å². The van der Waals surface area contributed by atoms with Gasteiger partial charge in [-0.15, -0.1) is 0 Å². The number of hydrogen-bond acceptors (Lipinski definition) is 3. The van der Waals surface area contributed by atoms with Crippen molar-refractivity contribution in [2.24, 2.45) is 11.8 Å². The Hall–Kier alpha value is -3.22. The van der Waals surface area contributed by atoms with Crippen LogP contribution >= 0.6 is 0 Å².